The number of nitrogens with one attached hydrogen (secondary N) is 1. The third kappa shape index (κ3) is 4.52. The Morgan fingerprint density at radius 2 is 2.54 bits per heavy atom. The van der Waals surface area contributed by atoms with Crippen LogP contribution in [0.4, 0.5) is 0 Å². The van der Waals surface area contributed by atoms with Gasteiger partial charge in [-0.3, -0.25) is 4.79 Å². The number of thioether (sulfide) groups is 1. The Morgan fingerprint density at radius 1 is 1.69 bits per heavy atom. The Balaban J connectivity index is 2.00. The van der Waals surface area contributed by atoms with Crippen LogP contribution in [0.15, 0.2) is 0 Å². The first kappa shape index (κ1) is 10.9. The lowest BCUT2D eigenvalue weighted by atomic mass is 10.2. The average Bonchev–Trinajstić information content (AvgIpc) is 2.64. The van der Waals surface area contributed by atoms with Crippen molar-refractivity contribution >= 4 is 17.7 Å². The van der Waals surface area contributed by atoms with Gasteiger partial charge in [0, 0.05) is 13.2 Å². The van der Waals surface area contributed by atoms with Crippen LogP contribution in [0.2, 0.25) is 0 Å². The van der Waals surface area contributed by atoms with Crippen molar-refractivity contribution in [1.29, 1.82) is 0 Å². The van der Waals surface area contributed by atoms with Gasteiger partial charge >= 0.3 is 0 Å². The Hall–Kier alpha value is -0.220. The molecule has 1 saturated heterocycles. The lowest BCUT2D eigenvalue weighted by molar-refractivity contribution is -0.119. The van der Waals surface area contributed by atoms with Gasteiger partial charge in [-0.05, 0) is 18.6 Å². The Morgan fingerprint density at radius 3 is 3.15 bits per heavy atom. The fourth-order valence-electron chi connectivity index (χ4n) is 1.28. The van der Waals surface area contributed by atoms with Gasteiger partial charge in [0.05, 0.1) is 11.9 Å². The molecule has 1 fully saturated rings. The van der Waals surface area contributed by atoms with Gasteiger partial charge in [0.1, 0.15) is 0 Å². The van der Waals surface area contributed by atoms with E-state index >= 15 is 0 Å². The molecule has 0 aliphatic carbocycles. The fraction of sp³-hybridized carbons (Fsp3) is 0.889. The summed E-state index contributed by atoms with van der Waals surface area (Å²) in [6.07, 6.45) is 2.47. The van der Waals surface area contributed by atoms with Crippen molar-refractivity contribution in [3.8, 4) is 0 Å². The van der Waals surface area contributed by atoms with Crippen molar-refractivity contribution < 1.29 is 9.53 Å². The van der Waals surface area contributed by atoms with Crippen LogP contribution >= 0.6 is 11.8 Å². The van der Waals surface area contributed by atoms with E-state index in [4.69, 9.17) is 4.74 Å². The molecule has 1 rings (SSSR count). The summed E-state index contributed by atoms with van der Waals surface area (Å²) in [6, 6.07) is 0. The molecule has 0 spiro atoms. The minimum Gasteiger partial charge on any atom is -0.376 e. The van der Waals surface area contributed by atoms with E-state index in [0.29, 0.717) is 12.3 Å². The van der Waals surface area contributed by atoms with E-state index in [2.05, 4.69) is 12.2 Å². The minimum absolute atomic E-state index is 0.127. The highest BCUT2D eigenvalue weighted by Crippen LogP contribution is 2.10. The number of amides is 1. The Kier molecular flexibility index (Phi) is 5.23. The number of carbonyl (C=O) groups excluding carboxylic acids is 1. The standard InChI is InChI=1S/C9H17NO2S/c1-2-13-7-9(11)10-6-8-4-3-5-12-8/h8H,2-7H2,1H3,(H,10,11). The van der Waals surface area contributed by atoms with Gasteiger partial charge in [-0.2, -0.15) is 11.8 Å². The van der Waals surface area contributed by atoms with Gasteiger partial charge < -0.3 is 10.1 Å². The molecule has 4 heteroatoms. The molecule has 0 aromatic carbocycles. The molecule has 1 aliphatic heterocycles. The van der Waals surface area contributed by atoms with Crippen LogP contribution in [-0.4, -0.2) is 36.7 Å². The topological polar surface area (TPSA) is 38.3 Å². The van der Waals surface area contributed by atoms with E-state index in [0.717, 1.165) is 25.2 Å². The number of carbonyl (C=O) groups is 1. The number of ether oxygens (including phenoxy) is 1. The smallest absolute Gasteiger partial charge is 0.230 e. The molecule has 1 heterocycles. The van der Waals surface area contributed by atoms with Crippen LogP contribution in [0.3, 0.4) is 0 Å². The second kappa shape index (κ2) is 6.27. The van der Waals surface area contributed by atoms with Crippen molar-refractivity contribution in [2.24, 2.45) is 0 Å². The molecule has 0 aromatic rings. The fourth-order valence-corrected chi connectivity index (χ4v) is 1.77. The van der Waals surface area contributed by atoms with Crippen LogP contribution < -0.4 is 5.32 Å². The summed E-state index contributed by atoms with van der Waals surface area (Å²) < 4.78 is 5.39. The summed E-state index contributed by atoms with van der Waals surface area (Å²) in [5.41, 5.74) is 0. The molecule has 0 bridgehead atoms. The van der Waals surface area contributed by atoms with Gasteiger partial charge in [0.2, 0.25) is 5.91 Å². The molecule has 3 nitrogen and oxygen atoms in total. The predicted molar refractivity (Wildman–Crippen MR) is 55.0 cm³/mol. The summed E-state index contributed by atoms with van der Waals surface area (Å²) in [4.78, 5) is 11.2. The second-order valence-corrected chi connectivity index (χ2v) is 4.35. The van der Waals surface area contributed by atoms with E-state index < -0.39 is 0 Å². The maximum absolute atomic E-state index is 11.2. The van der Waals surface area contributed by atoms with Crippen LogP contribution in [0, 0.1) is 0 Å². The zero-order chi connectivity index (χ0) is 9.52. The SMILES string of the molecule is CCSCC(=O)NCC1CCCO1. The maximum atomic E-state index is 11.2. The van der Waals surface area contributed by atoms with Gasteiger partial charge in [-0.1, -0.05) is 6.92 Å². The summed E-state index contributed by atoms with van der Waals surface area (Å²) in [5.74, 6) is 1.69. The molecular formula is C9H17NO2S. The summed E-state index contributed by atoms with van der Waals surface area (Å²) in [6.45, 7) is 3.59. The highest BCUT2D eigenvalue weighted by Gasteiger charge is 2.15. The van der Waals surface area contributed by atoms with E-state index in [1.54, 1.807) is 11.8 Å². The zero-order valence-electron chi connectivity index (χ0n) is 8.04. The van der Waals surface area contributed by atoms with Crippen LogP contribution in [0.1, 0.15) is 19.8 Å². The highest BCUT2D eigenvalue weighted by molar-refractivity contribution is 7.99. The summed E-state index contributed by atoms with van der Waals surface area (Å²) in [5, 5.41) is 2.87. The van der Waals surface area contributed by atoms with E-state index in [1.165, 1.54) is 0 Å². The zero-order valence-corrected chi connectivity index (χ0v) is 8.86. The molecule has 0 saturated carbocycles. The predicted octanol–water partition coefficient (Wildman–Crippen LogP) is 1.03. The van der Waals surface area contributed by atoms with Crippen LogP contribution in [-0.2, 0) is 9.53 Å². The first-order chi connectivity index (χ1) is 6.33. The van der Waals surface area contributed by atoms with Gasteiger partial charge in [-0.15, -0.1) is 0 Å². The molecule has 13 heavy (non-hydrogen) atoms. The number of rotatable bonds is 5. The Labute approximate surface area is 83.6 Å². The maximum Gasteiger partial charge on any atom is 0.230 e. The minimum atomic E-state index is 0.127. The van der Waals surface area contributed by atoms with Crippen LogP contribution in [0.5, 0.6) is 0 Å². The van der Waals surface area contributed by atoms with Crippen molar-refractivity contribution in [2.45, 2.75) is 25.9 Å². The Bertz CT molecular complexity index is 158. The first-order valence-corrected chi connectivity index (χ1v) is 5.94. The molecule has 1 unspecified atom stereocenters. The number of hydrogen-bond donors (Lipinski definition) is 1. The van der Waals surface area contributed by atoms with Gasteiger partial charge in [-0.25, -0.2) is 0 Å². The number of hydrogen-bond acceptors (Lipinski definition) is 3. The lowest BCUT2D eigenvalue weighted by Crippen LogP contribution is -2.32. The largest absolute Gasteiger partial charge is 0.376 e. The summed E-state index contributed by atoms with van der Waals surface area (Å²) >= 11 is 1.65. The molecular weight excluding hydrogens is 186 g/mol. The molecule has 0 aromatic heterocycles. The molecule has 1 amide bonds. The van der Waals surface area contributed by atoms with Crippen molar-refractivity contribution in [2.75, 3.05) is 24.7 Å². The van der Waals surface area contributed by atoms with E-state index in [9.17, 15) is 4.79 Å². The molecule has 1 aliphatic rings. The molecule has 0 radical (unpaired) electrons. The summed E-state index contributed by atoms with van der Waals surface area (Å²) in [7, 11) is 0. The lowest BCUT2D eigenvalue weighted by Gasteiger charge is -2.10. The normalized spacial score (nSPS) is 21.8. The molecule has 76 valence electrons. The third-order valence-corrected chi connectivity index (χ3v) is 2.86. The average molecular weight is 203 g/mol. The van der Waals surface area contributed by atoms with Crippen LogP contribution in [0.25, 0.3) is 0 Å². The second-order valence-electron chi connectivity index (χ2n) is 3.08. The monoisotopic (exact) mass is 203 g/mol. The van der Waals surface area contributed by atoms with Gasteiger partial charge in [0.15, 0.2) is 0 Å². The van der Waals surface area contributed by atoms with Gasteiger partial charge in [0.25, 0.3) is 0 Å². The van der Waals surface area contributed by atoms with E-state index in [-0.39, 0.29) is 12.0 Å². The van der Waals surface area contributed by atoms with Crippen molar-refractivity contribution in [1.82, 2.24) is 5.32 Å². The van der Waals surface area contributed by atoms with Crippen molar-refractivity contribution in [3.63, 3.8) is 0 Å². The first-order valence-electron chi connectivity index (χ1n) is 4.79. The van der Waals surface area contributed by atoms with Crippen molar-refractivity contribution in [3.05, 3.63) is 0 Å². The quantitative estimate of drug-likeness (QED) is 0.725. The highest BCUT2D eigenvalue weighted by atomic mass is 32.2. The van der Waals surface area contributed by atoms with E-state index in [1.807, 2.05) is 0 Å². The third-order valence-electron chi connectivity index (χ3n) is 1.99. The molecule has 1 atom stereocenters. The molecule has 1 N–H and O–H groups in total.